The van der Waals surface area contributed by atoms with Gasteiger partial charge in [0.25, 0.3) is 0 Å². The molecular weight excluding hydrogens is 225 g/mol. The maximum absolute atomic E-state index is 14.2. The van der Waals surface area contributed by atoms with Crippen LogP contribution < -0.4 is 5.32 Å². The van der Waals surface area contributed by atoms with Crippen LogP contribution in [0.25, 0.3) is 0 Å². The number of ether oxygens (including phenoxy) is 1. The van der Waals surface area contributed by atoms with Gasteiger partial charge in [-0.1, -0.05) is 19.3 Å². The van der Waals surface area contributed by atoms with Gasteiger partial charge in [0.2, 0.25) is 12.1 Å². The number of halogens is 1. The third-order valence-corrected chi connectivity index (χ3v) is 3.48. The van der Waals surface area contributed by atoms with E-state index in [2.05, 4.69) is 10.1 Å². The first-order valence-corrected chi connectivity index (χ1v) is 5.98. The van der Waals surface area contributed by atoms with Crippen molar-refractivity contribution in [3.63, 3.8) is 0 Å². The summed E-state index contributed by atoms with van der Waals surface area (Å²) in [5.41, 5.74) is -0.781. The standard InChI is InChI=1S/C12H20FNO3/c1-9(15)14-8-12(6-4-3-5-7-12)10(13)11(16)17-2/h10H,3-8H2,1-2H3,(H,14,15). The lowest BCUT2D eigenvalue weighted by Gasteiger charge is -2.38. The summed E-state index contributed by atoms with van der Waals surface area (Å²) in [7, 11) is 1.18. The van der Waals surface area contributed by atoms with Gasteiger partial charge >= 0.3 is 5.97 Å². The molecule has 0 aromatic rings. The van der Waals surface area contributed by atoms with Gasteiger partial charge in [-0.2, -0.15) is 0 Å². The average Bonchev–Trinajstić information content (AvgIpc) is 2.35. The highest BCUT2D eigenvalue weighted by Gasteiger charge is 2.45. The van der Waals surface area contributed by atoms with E-state index in [9.17, 15) is 14.0 Å². The van der Waals surface area contributed by atoms with Crippen LogP contribution in [0, 0.1) is 5.41 Å². The van der Waals surface area contributed by atoms with E-state index in [1.54, 1.807) is 0 Å². The number of hydrogen-bond acceptors (Lipinski definition) is 3. The molecule has 0 spiro atoms. The lowest BCUT2D eigenvalue weighted by Crippen LogP contribution is -2.48. The van der Waals surface area contributed by atoms with Crippen LogP contribution in [0.4, 0.5) is 4.39 Å². The van der Waals surface area contributed by atoms with Crippen molar-refractivity contribution in [1.29, 1.82) is 0 Å². The number of amides is 1. The molecule has 0 aliphatic heterocycles. The van der Waals surface area contributed by atoms with Crippen molar-refractivity contribution in [3.8, 4) is 0 Å². The van der Waals surface area contributed by atoms with Crippen molar-refractivity contribution in [2.45, 2.75) is 45.2 Å². The Hall–Kier alpha value is -1.13. The molecule has 1 aliphatic rings. The van der Waals surface area contributed by atoms with Crippen molar-refractivity contribution >= 4 is 11.9 Å². The van der Waals surface area contributed by atoms with Crippen molar-refractivity contribution in [1.82, 2.24) is 5.32 Å². The molecule has 0 aromatic carbocycles. The second-order valence-electron chi connectivity index (χ2n) is 4.72. The molecule has 1 saturated carbocycles. The van der Waals surface area contributed by atoms with Gasteiger partial charge in [0, 0.05) is 18.9 Å². The third-order valence-electron chi connectivity index (χ3n) is 3.48. The molecule has 0 aromatic heterocycles. The Morgan fingerprint density at radius 2 is 1.94 bits per heavy atom. The van der Waals surface area contributed by atoms with Crippen LogP contribution >= 0.6 is 0 Å². The van der Waals surface area contributed by atoms with E-state index in [0.717, 1.165) is 19.3 Å². The van der Waals surface area contributed by atoms with Gasteiger partial charge in [-0.25, -0.2) is 9.18 Å². The maximum Gasteiger partial charge on any atom is 0.341 e. The van der Waals surface area contributed by atoms with E-state index in [1.165, 1.54) is 14.0 Å². The first-order chi connectivity index (χ1) is 8.02. The van der Waals surface area contributed by atoms with Crippen LogP contribution in [0.5, 0.6) is 0 Å². The Balaban J connectivity index is 2.76. The summed E-state index contributed by atoms with van der Waals surface area (Å²) < 4.78 is 18.6. The zero-order valence-corrected chi connectivity index (χ0v) is 10.4. The molecule has 0 bridgehead atoms. The first kappa shape index (κ1) is 13.9. The number of esters is 1. The molecule has 1 rings (SSSR count). The lowest BCUT2D eigenvalue weighted by atomic mass is 9.70. The van der Waals surface area contributed by atoms with Crippen molar-refractivity contribution in [2.24, 2.45) is 5.41 Å². The molecule has 1 fully saturated rings. The molecule has 0 saturated heterocycles. The quantitative estimate of drug-likeness (QED) is 0.765. The summed E-state index contributed by atoms with van der Waals surface area (Å²) in [5.74, 6) is -1.04. The average molecular weight is 245 g/mol. The smallest absolute Gasteiger partial charge is 0.341 e. The number of carbonyl (C=O) groups excluding carboxylic acids is 2. The van der Waals surface area contributed by atoms with Gasteiger partial charge in [-0.05, 0) is 12.8 Å². The summed E-state index contributed by atoms with van der Waals surface area (Å²) in [6.45, 7) is 1.60. The van der Waals surface area contributed by atoms with E-state index in [-0.39, 0.29) is 12.5 Å². The normalized spacial score (nSPS) is 20.4. The molecule has 98 valence electrons. The fraction of sp³-hybridized carbons (Fsp3) is 0.833. The van der Waals surface area contributed by atoms with Gasteiger partial charge in [-0.15, -0.1) is 0 Å². The van der Waals surface area contributed by atoms with Crippen LogP contribution in [0.1, 0.15) is 39.0 Å². The van der Waals surface area contributed by atoms with E-state index < -0.39 is 17.6 Å². The van der Waals surface area contributed by atoms with Gasteiger partial charge < -0.3 is 10.1 Å². The van der Waals surface area contributed by atoms with Gasteiger partial charge in [0.1, 0.15) is 0 Å². The van der Waals surface area contributed by atoms with Gasteiger partial charge in [-0.3, -0.25) is 4.79 Å². The molecule has 1 N–H and O–H groups in total. The fourth-order valence-corrected chi connectivity index (χ4v) is 2.43. The van der Waals surface area contributed by atoms with Crippen LogP contribution in [0.15, 0.2) is 0 Å². The summed E-state index contributed by atoms with van der Waals surface area (Å²) in [6, 6.07) is 0. The maximum atomic E-state index is 14.2. The van der Waals surface area contributed by atoms with Crippen molar-refractivity contribution in [3.05, 3.63) is 0 Å². The second-order valence-corrected chi connectivity index (χ2v) is 4.72. The zero-order chi connectivity index (χ0) is 12.9. The minimum atomic E-state index is -1.65. The van der Waals surface area contributed by atoms with E-state index in [0.29, 0.717) is 12.8 Å². The van der Waals surface area contributed by atoms with Crippen LogP contribution in [-0.4, -0.2) is 31.7 Å². The first-order valence-electron chi connectivity index (χ1n) is 5.98. The van der Waals surface area contributed by atoms with Gasteiger partial charge in [0.15, 0.2) is 0 Å². The number of methoxy groups -OCH3 is 1. The van der Waals surface area contributed by atoms with E-state index >= 15 is 0 Å². The summed E-state index contributed by atoms with van der Waals surface area (Å²) in [4.78, 5) is 22.3. The van der Waals surface area contributed by atoms with E-state index in [4.69, 9.17) is 0 Å². The fourth-order valence-electron chi connectivity index (χ4n) is 2.43. The van der Waals surface area contributed by atoms with Gasteiger partial charge in [0.05, 0.1) is 7.11 Å². The third kappa shape index (κ3) is 3.41. The minimum Gasteiger partial charge on any atom is -0.467 e. The Bertz CT molecular complexity index is 287. The summed E-state index contributed by atoms with van der Waals surface area (Å²) in [5, 5.41) is 2.63. The SMILES string of the molecule is COC(=O)C(F)C1(CNC(C)=O)CCCCC1. The Morgan fingerprint density at radius 3 is 2.41 bits per heavy atom. The molecule has 0 radical (unpaired) electrons. The lowest BCUT2D eigenvalue weighted by molar-refractivity contribution is -0.153. The Morgan fingerprint density at radius 1 is 1.35 bits per heavy atom. The van der Waals surface area contributed by atoms with E-state index in [1.807, 2.05) is 0 Å². The van der Waals surface area contributed by atoms with Crippen LogP contribution in [-0.2, 0) is 14.3 Å². The largest absolute Gasteiger partial charge is 0.467 e. The highest BCUT2D eigenvalue weighted by Crippen LogP contribution is 2.40. The molecular formula is C12H20FNO3. The monoisotopic (exact) mass is 245 g/mol. The molecule has 0 heterocycles. The predicted octanol–water partition coefficient (Wildman–Crippen LogP) is 1.58. The Labute approximate surface area is 101 Å². The summed E-state index contributed by atoms with van der Waals surface area (Å²) >= 11 is 0. The highest BCUT2D eigenvalue weighted by molar-refractivity contribution is 5.76. The number of hydrogen-bond donors (Lipinski definition) is 1. The number of carbonyl (C=O) groups is 2. The molecule has 1 unspecified atom stereocenters. The second kappa shape index (κ2) is 5.98. The van der Waals surface area contributed by atoms with Crippen LogP contribution in [0.2, 0.25) is 0 Å². The number of rotatable bonds is 4. The molecule has 17 heavy (non-hydrogen) atoms. The molecule has 1 atom stereocenters. The molecule has 1 amide bonds. The topological polar surface area (TPSA) is 55.4 Å². The molecule has 1 aliphatic carbocycles. The van der Waals surface area contributed by atoms with Crippen LogP contribution in [0.3, 0.4) is 0 Å². The highest BCUT2D eigenvalue weighted by atomic mass is 19.1. The van der Waals surface area contributed by atoms with Crippen molar-refractivity contribution in [2.75, 3.05) is 13.7 Å². The van der Waals surface area contributed by atoms with Crippen molar-refractivity contribution < 1.29 is 18.7 Å². The zero-order valence-electron chi connectivity index (χ0n) is 10.4. The predicted molar refractivity (Wildman–Crippen MR) is 61.1 cm³/mol. The number of alkyl halides is 1. The molecule has 4 nitrogen and oxygen atoms in total. The molecule has 5 heteroatoms. The summed E-state index contributed by atoms with van der Waals surface area (Å²) in [6.07, 6.45) is 2.40. The Kier molecular flexibility index (Phi) is 4.90. The number of nitrogens with one attached hydrogen (secondary N) is 1. The minimum absolute atomic E-state index is 0.202.